The molecule has 2 N–H and O–H groups in total. The second-order valence-corrected chi connectivity index (χ2v) is 4.36. The van der Waals surface area contributed by atoms with Gasteiger partial charge >= 0.3 is 0 Å². The third kappa shape index (κ3) is 12.2. The molecule has 0 fully saturated rings. The van der Waals surface area contributed by atoms with Crippen molar-refractivity contribution in [2.45, 2.75) is 44.9 Å². The lowest BCUT2D eigenvalue weighted by atomic mass is 10.2. The van der Waals surface area contributed by atoms with Crippen LogP contribution in [-0.4, -0.2) is 30.5 Å². The Kier molecular flexibility index (Phi) is 12.5. The Morgan fingerprint density at radius 2 is 1.40 bits per heavy atom. The fourth-order valence-electron chi connectivity index (χ4n) is 1.47. The van der Waals surface area contributed by atoms with E-state index in [1.807, 2.05) is 0 Å². The highest BCUT2D eigenvalue weighted by Gasteiger charge is 1.93. The molecule has 0 aromatic carbocycles. The van der Waals surface area contributed by atoms with Gasteiger partial charge in [-0.05, 0) is 51.1 Å². The zero-order valence-electron chi connectivity index (χ0n) is 9.66. The van der Waals surface area contributed by atoms with Crippen molar-refractivity contribution in [3.63, 3.8) is 0 Å². The molecule has 0 amide bonds. The van der Waals surface area contributed by atoms with Gasteiger partial charge in [-0.2, -0.15) is 12.6 Å². The molecule has 0 aromatic rings. The summed E-state index contributed by atoms with van der Waals surface area (Å²) in [6.45, 7) is 2.10. The van der Waals surface area contributed by atoms with Gasteiger partial charge in [0.2, 0.25) is 0 Å². The van der Waals surface area contributed by atoms with Gasteiger partial charge in [-0.1, -0.05) is 19.3 Å². The summed E-state index contributed by atoms with van der Waals surface area (Å²) in [6.07, 6.45) is 7.64. The van der Waals surface area contributed by atoms with E-state index in [-0.39, 0.29) is 0 Å². The minimum absolute atomic E-state index is 0.673. The number of unbranched alkanes of at least 4 members (excludes halogenated alkanes) is 5. The summed E-state index contributed by atoms with van der Waals surface area (Å²) in [7, 11) is 0. The number of hydroxylamine groups is 2. The lowest BCUT2D eigenvalue weighted by molar-refractivity contribution is 0.353. The van der Waals surface area contributed by atoms with Gasteiger partial charge in [0.1, 0.15) is 0 Å². The fraction of sp³-hybridized carbons (Fsp3) is 1.00. The summed E-state index contributed by atoms with van der Waals surface area (Å²) in [5.41, 5.74) is 5.37. The Labute approximate surface area is 99.4 Å². The second-order valence-electron chi connectivity index (χ2n) is 3.92. The van der Waals surface area contributed by atoms with E-state index in [0.29, 0.717) is 13.1 Å². The predicted octanol–water partition coefficient (Wildman–Crippen LogP) is 2.41. The second kappa shape index (κ2) is 12.3. The molecule has 0 bridgehead atoms. The molecule has 0 unspecified atom stereocenters. The number of nitrogens with zero attached hydrogens (tertiary/aromatic N) is 1. The highest BCUT2D eigenvalue weighted by atomic mass is 32.1. The van der Waals surface area contributed by atoms with Crippen molar-refractivity contribution in [2.24, 2.45) is 5.73 Å². The average molecular weight is 233 g/mol. The van der Waals surface area contributed by atoms with Crippen LogP contribution < -0.4 is 5.73 Å². The van der Waals surface area contributed by atoms with Crippen LogP contribution in [0.1, 0.15) is 44.9 Å². The van der Waals surface area contributed by atoms with E-state index in [1.165, 1.54) is 17.9 Å². The van der Waals surface area contributed by atoms with E-state index in [2.05, 4.69) is 12.6 Å². The minimum Gasteiger partial charge on any atom is -0.785 e. The third-order valence-corrected chi connectivity index (χ3v) is 2.74. The van der Waals surface area contributed by atoms with Gasteiger partial charge in [0.25, 0.3) is 0 Å². The van der Waals surface area contributed by atoms with Crippen molar-refractivity contribution in [3.05, 3.63) is 5.21 Å². The van der Waals surface area contributed by atoms with Crippen LogP contribution in [0.3, 0.4) is 0 Å². The SMILES string of the molecule is NCCCCCN([O-])CCCCCCS. The Morgan fingerprint density at radius 3 is 1.93 bits per heavy atom. The smallest absolute Gasteiger partial charge is 0.00773 e. The number of nitrogens with two attached hydrogens (primary N) is 1. The molecule has 0 rings (SSSR count). The van der Waals surface area contributed by atoms with Crippen molar-refractivity contribution in [1.82, 2.24) is 5.06 Å². The molecule has 0 heterocycles. The molecule has 0 aliphatic heterocycles. The van der Waals surface area contributed by atoms with Gasteiger partial charge in [-0.25, -0.2) is 0 Å². The van der Waals surface area contributed by atoms with Crippen LogP contribution in [0.15, 0.2) is 0 Å². The molecule has 4 heteroatoms. The van der Waals surface area contributed by atoms with Gasteiger partial charge in [0, 0.05) is 0 Å². The van der Waals surface area contributed by atoms with Gasteiger partial charge in [-0.15, -0.1) is 0 Å². The van der Waals surface area contributed by atoms with E-state index in [4.69, 9.17) is 5.73 Å². The first kappa shape index (κ1) is 15.2. The zero-order valence-corrected chi connectivity index (χ0v) is 10.6. The molecule has 0 aliphatic rings. The van der Waals surface area contributed by atoms with Crippen LogP contribution in [-0.2, 0) is 0 Å². The Hall–Kier alpha value is 0.230. The molecular formula is C11H25N2OS-. The maximum Gasteiger partial charge on any atom is -0.00773 e. The average Bonchev–Trinajstić information content (AvgIpc) is 2.24. The minimum atomic E-state index is 0.673. The van der Waals surface area contributed by atoms with Gasteiger partial charge < -0.3 is 16.0 Å². The summed E-state index contributed by atoms with van der Waals surface area (Å²) in [6, 6.07) is 0. The Bertz CT molecular complexity index is 125. The zero-order chi connectivity index (χ0) is 11.4. The van der Waals surface area contributed by atoms with Crippen molar-refractivity contribution in [1.29, 1.82) is 0 Å². The molecule has 15 heavy (non-hydrogen) atoms. The van der Waals surface area contributed by atoms with Crippen molar-refractivity contribution in [3.8, 4) is 0 Å². The van der Waals surface area contributed by atoms with Crippen LogP contribution >= 0.6 is 12.6 Å². The first-order chi connectivity index (χ1) is 7.31. The van der Waals surface area contributed by atoms with E-state index >= 15 is 0 Å². The van der Waals surface area contributed by atoms with Gasteiger partial charge in [0.05, 0.1) is 0 Å². The maximum atomic E-state index is 11.3. The maximum absolute atomic E-state index is 11.3. The third-order valence-electron chi connectivity index (χ3n) is 2.43. The summed E-state index contributed by atoms with van der Waals surface area (Å²) < 4.78 is 0. The number of hydrogen-bond donors (Lipinski definition) is 2. The van der Waals surface area contributed by atoms with Crippen LogP contribution in [0, 0.1) is 5.21 Å². The summed E-state index contributed by atoms with van der Waals surface area (Å²) in [4.78, 5) is 0. The van der Waals surface area contributed by atoms with Crippen LogP contribution in [0.5, 0.6) is 0 Å². The van der Waals surface area contributed by atoms with E-state index in [1.54, 1.807) is 0 Å². The monoisotopic (exact) mass is 233 g/mol. The summed E-state index contributed by atoms with van der Waals surface area (Å²) in [5, 5.41) is 12.5. The molecule has 0 saturated carbocycles. The standard InChI is InChI=1S/C11H25N2OS/c12-8-4-3-6-10-13(14)9-5-1-2-7-11-15/h15H,1-12H2/q-1. The highest BCUT2D eigenvalue weighted by Crippen LogP contribution is 2.03. The largest absolute Gasteiger partial charge is 0.785 e. The number of rotatable bonds is 11. The quantitative estimate of drug-likeness (QED) is 0.327. The lowest BCUT2D eigenvalue weighted by Crippen LogP contribution is -2.19. The normalized spacial score (nSPS) is 11.2. The molecule has 0 spiro atoms. The number of thiol groups is 1. The van der Waals surface area contributed by atoms with Gasteiger partial charge in [-0.3, -0.25) is 0 Å². The molecule has 0 saturated heterocycles. The Balaban J connectivity index is 3.08. The number of hydrogen-bond acceptors (Lipinski definition) is 4. The fourth-order valence-corrected chi connectivity index (χ4v) is 1.70. The van der Waals surface area contributed by atoms with Crippen LogP contribution in [0.4, 0.5) is 0 Å². The molecular weight excluding hydrogens is 208 g/mol. The summed E-state index contributed by atoms with van der Waals surface area (Å²) >= 11 is 4.15. The lowest BCUT2D eigenvalue weighted by Gasteiger charge is -2.27. The molecule has 0 aromatic heterocycles. The van der Waals surface area contributed by atoms with Crippen molar-refractivity contribution >= 4 is 12.6 Å². The van der Waals surface area contributed by atoms with Crippen molar-refractivity contribution in [2.75, 3.05) is 25.4 Å². The highest BCUT2D eigenvalue weighted by molar-refractivity contribution is 7.80. The molecule has 92 valence electrons. The van der Waals surface area contributed by atoms with E-state index in [0.717, 1.165) is 44.4 Å². The topological polar surface area (TPSA) is 52.3 Å². The summed E-state index contributed by atoms with van der Waals surface area (Å²) in [5.74, 6) is 0.959. The van der Waals surface area contributed by atoms with Crippen molar-refractivity contribution < 1.29 is 0 Å². The molecule has 3 nitrogen and oxygen atoms in total. The van der Waals surface area contributed by atoms with E-state index < -0.39 is 0 Å². The van der Waals surface area contributed by atoms with Gasteiger partial charge in [0.15, 0.2) is 0 Å². The molecule has 0 atom stereocenters. The van der Waals surface area contributed by atoms with E-state index in [9.17, 15) is 5.21 Å². The first-order valence-corrected chi connectivity index (χ1v) is 6.67. The van der Waals surface area contributed by atoms with Crippen LogP contribution in [0.25, 0.3) is 0 Å². The molecule has 0 aliphatic carbocycles. The van der Waals surface area contributed by atoms with Crippen LogP contribution in [0.2, 0.25) is 0 Å². The first-order valence-electron chi connectivity index (χ1n) is 6.04. The predicted molar refractivity (Wildman–Crippen MR) is 70.2 cm³/mol. The molecule has 0 radical (unpaired) electrons. The Morgan fingerprint density at radius 1 is 0.867 bits per heavy atom.